The molecule has 1 saturated heterocycles. The Bertz CT molecular complexity index is 903. The quantitative estimate of drug-likeness (QED) is 0.862. The van der Waals surface area contributed by atoms with E-state index in [9.17, 15) is 9.90 Å². The average Bonchev–Trinajstić information content (AvgIpc) is 3.02. The van der Waals surface area contributed by atoms with Crippen molar-refractivity contribution < 1.29 is 14.6 Å². The van der Waals surface area contributed by atoms with Crippen molar-refractivity contribution in [3.63, 3.8) is 0 Å². The third-order valence-corrected chi connectivity index (χ3v) is 6.49. The summed E-state index contributed by atoms with van der Waals surface area (Å²) in [6, 6.07) is 8.12. The molecule has 3 aliphatic rings. The highest BCUT2D eigenvalue weighted by Gasteiger charge is 2.52. The highest BCUT2D eigenvalue weighted by atomic mass is 16.5. The average molecular weight is 394 g/mol. The Morgan fingerprint density at radius 1 is 1.03 bits per heavy atom. The smallest absolute Gasteiger partial charge is 0.243 e. The fourth-order valence-corrected chi connectivity index (χ4v) is 4.93. The zero-order chi connectivity index (χ0) is 19.8. The Morgan fingerprint density at radius 2 is 1.72 bits per heavy atom. The van der Waals surface area contributed by atoms with Crippen LogP contribution in [0, 0.1) is 0 Å². The van der Waals surface area contributed by atoms with Crippen LogP contribution >= 0.6 is 0 Å². The largest absolute Gasteiger partial charge is 0.388 e. The van der Waals surface area contributed by atoms with Crippen molar-refractivity contribution in [3.8, 4) is 0 Å². The molecule has 1 saturated carbocycles. The summed E-state index contributed by atoms with van der Waals surface area (Å²) >= 11 is 0. The highest BCUT2D eigenvalue weighted by molar-refractivity contribution is 6.12. The van der Waals surface area contributed by atoms with Crippen LogP contribution in [-0.4, -0.2) is 47.3 Å². The van der Waals surface area contributed by atoms with Gasteiger partial charge >= 0.3 is 0 Å². The third-order valence-electron chi connectivity index (χ3n) is 6.49. The van der Waals surface area contributed by atoms with Crippen LogP contribution in [0.4, 0.5) is 17.2 Å². The molecular weight excluding hydrogens is 368 g/mol. The second-order valence-corrected chi connectivity index (χ2v) is 8.08. The predicted molar refractivity (Wildman–Crippen MR) is 109 cm³/mol. The number of aliphatic hydroxyl groups is 1. The molecule has 3 heterocycles. The van der Waals surface area contributed by atoms with Gasteiger partial charge in [0.05, 0.1) is 24.3 Å². The van der Waals surface area contributed by atoms with Gasteiger partial charge in [-0.1, -0.05) is 19.3 Å². The molecule has 2 fully saturated rings. The summed E-state index contributed by atoms with van der Waals surface area (Å²) in [6.45, 7) is 2.99. The van der Waals surface area contributed by atoms with E-state index in [-0.39, 0.29) is 12.5 Å². The molecule has 2 aromatic rings. The number of aromatic nitrogens is 2. The van der Waals surface area contributed by atoms with Crippen LogP contribution in [0.15, 0.2) is 30.5 Å². The normalized spacial score (nSPS) is 20.9. The van der Waals surface area contributed by atoms with E-state index in [2.05, 4.69) is 27.0 Å². The van der Waals surface area contributed by atoms with Gasteiger partial charge in [-0.15, -0.1) is 0 Å². The Morgan fingerprint density at radius 3 is 2.41 bits per heavy atom. The van der Waals surface area contributed by atoms with Crippen LogP contribution < -0.4 is 9.80 Å². The van der Waals surface area contributed by atoms with Gasteiger partial charge in [0.2, 0.25) is 5.91 Å². The molecule has 7 heteroatoms. The lowest BCUT2D eigenvalue weighted by atomic mass is 9.71. The molecule has 0 atom stereocenters. The Hall–Kier alpha value is -2.51. The lowest BCUT2D eigenvalue weighted by Gasteiger charge is -2.32. The first-order valence-corrected chi connectivity index (χ1v) is 10.5. The van der Waals surface area contributed by atoms with E-state index in [4.69, 9.17) is 4.74 Å². The molecule has 7 nitrogen and oxygen atoms in total. The molecule has 0 radical (unpaired) electrons. The molecule has 2 aliphatic heterocycles. The minimum Gasteiger partial charge on any atom is -0.388 e. The molecule has 1 amide bonds. The van der Waals surface area contributed by atoms with Gasteiger partial charge in [-0.3, -0.25) is 9.69 Å². The van der Waals surface area contributed by atoms with Gasteiger partial charge in [-0.25, -0.2) is 9.97 Å². The summed E-state index contributed by atoms with van der Waals surface area (Å²) in [7, 11) is 0. The standard InChI is InChI=1S/C22H26N4O3/c27-15-19-23-14-18-20(24-19)26(21(28)22(18)8-2-1-3-9-22)17-6-4-16(5-7-17)25-10-12-29-13-11-25/h4-7,14,27H,1-3,8-13,15H2. The number of aliphatic hydroxyl groups excluding tert-OH is 1. The highest BCUT2D eigenvalue weighted by Crippen LogP contribution is 2.51. The van der Waals surface area contributed by atoms with Crippen molar-refractivity contribution >= 4 is 23.1 Å². The molecule has 1 N–H and O–H groups in total. The van der Waals surface area contributed by atoms with Gasteiger partial charge in [0.15, 0.2) is 5.82 Å². The first-order valence-electron chi connectivity index (χ1n) is 10.5. The number of anilines is 3. The van der Waals surface area contributed by atoms with Crippen LogP contribution in [0.25, 0.3) is 0 Å². The van der Waals surface area contributed by atoms with Crippen molar-refractivity contribution in [1.82, 2.24) is 9.97 Å². The van der Waals surface area contributed by atoms with Crippen molar-refractivity contribution in [2.45, 2.75) is 44.1 Å². The van der Waals surface area contributed by atoms with Gasteiger partial charge in [0.1, 0.15) is 12.4 Å². The van der Waals surface area contributed by atoms with Crippen molar-refractivity contribution in [2.24, 2.45) is 0 Å². The van der Waals surface area contributed by atoms with E-state index in [1.165, 1.54) is 0 Å². The molecule has 0 unspecified atom stereocenters. The van der Waals surface area contributed by atoms with Crippen LogP contribution in [0.2, 0.25) is 0 Å². The third kappa shape index (κ3) is 3.00. The number of ether oxygens (including phenoxy) is 1. The second kappa shape index (κ2) is 7.39. The molecule has 152 valence electrons. The van der Waals surface area contributed by atoms with Crippen LogP contribution in [-0.2, 0) is 21.6 Å². The second-order valence-electron chi connectivity index (χ2n) is 8.08. The molecule has 5 rings (SSSR count). The minimum absolute atomic E-state index is 0.0933. The first kappa shape index (κ1) is 18.5. The number of hydrogen-bond acceptors (Lipinski definition) is 6. The van der Waals surface area contributed by atoms with Gasteiger partial charge in [0.25, 0.3) is 0 Å². The molecule has 1 aromatic heterocycles. The van der Waals surface area contributed by atoms with E-state index in [1.54, 1.807) is 11.1 Å². The number of nitrogens with zero attached hydrogens (tertiary/aromatic N) is 4. The SMILES string of the molecule is O=C1N(c2ccc(N3CCOCC3)cc2)c2nc(CO)ncc2C12CCCCC2. The van der Waals surface area contributed by atoms with Crippen molar-refractivity contribution in [3.05, 3.63) is 41.9 Å². The monoisotopic (exact) mass is 394 g/mol. The summed E-state index contributed by atoms with van der Waals surface area (Å²) < 4.78 is 5.44. The minimum atomic E-state index is -0.523. The maximum atomic E-state index is 13.7. The Balaban J connectivity index is 1.53. The topological polar surface area (TPSA) is 78.8 Å². The lowest BCUT2D eigenvalue weighted by Crippen LogP contribution is -2.40. The number of rotatable bonds is 3. The van der Waals surface area contributed by atoms with Crippen LogP contribution in [0.3, 0.4) is 0 Å². The van der Waals surface area contributed by atoms with Crippen LogP contribution in [0.1, 0.15) is 43.5 Å². The summed E-state index contributed by atoms with van der Waals surface area (Å²) in [5, 5.41) is 9.53. The first-order chi connectivity index (χ1) is 14.2. The summed E-state index contributed by atoms with van der Waals surface area (Å²) in [6.07, 6.45) is 6.67. The zero-order valence-corrected chi connectivity index (χ0v) is 16.5. The maximum Gasteiger partial charge on any atom is 0.243 e. The molecule has 1 spiro atoms. The molecule has 0 bridgehead atoms. The number of fused-ring (bicyclic) bond motifs is 2. The zero-order valence-electron chi connectivity index (χ0n) is 16.5. The Labute approximate surface area is 170 Å². The van der Waals surface area contributed by atoms with Gasteiger partial charge in [0, 0.05) is 30.5 Å². The maximum absolute atomic E-state index is 13.7. The number of hydrogen-bond donors (Lipinski definition) is 1. The van der Waals surface area contributed by atoms with Crippen molar-refractivity contribution in [1.29, 1.82) is 0 Å². The Kier molecular flexibility index (Phi) is 4.72. The molecule has 29 heavy (non-hydrogen) atoms. The summed E-state index contributed by atoms with van der Waals surface area (Å²) in [5.74, 6) is 1.07. The molecular formula is C22H26N4O3. The van der Waals surface area contributed by atoms with E-state index < -0.39 is 5.41 Å². The number of amides is 1. The van der Waals surface area contributed by atoms with Crippen molar-refractivity contribution in [2.75, 3.05) is 36.1 Å². The molecule has 1 aliphatic carbocycles. The number of benzene rings is 1. The number of carbonyl (C=O) groups excluding carboxylic acids is 1. The fourth-order valence-electron chi connectivity index (χ4n) is 4.93. The lowest BCUT2D eigenvalue weighted by molar-refractivity contribution is -0.123. The molecule has 1 aromatic carbocycles. The van der Waals surface area contributed by atoms with E-state index in [1.807, 2.05) is 12.1 Å². The van der Waals surface area contributed by atoms with Gasteiger partial charge in [-0.05, 0) is 37.1 Å². The predicted octanol–water partition coefficient (Wildman–Crippen LogP) is 2.69. The van der Waals surface area contributed by atoms with Crippen LogP contribution in [0.5, 0.6) is 0 Å². The van der Waals surface area contributed by atoms with E-state index >= 15 is 0 Å². The summed E-state index contributed by atoms with van der Waals surface area (Å²) in [4.78, 5) is 26.6. The van der Waals surface area contributed by atoms with Gasteiger partial charge in [-0.2, -0.15) is 0 Å². The fraction of sp³-hybridized carbons (Fsp3) is 0.500. The van der Waals surface area contributed by atoms with E-state index in [0.29, 0.717) is 11.6 Å². The number of carbonyl (C=O) groups is 1. The summed E-state index contributed by atoms with van der Waals surface area (Å²) in [5.41, 5.74) is 2.34. The number of morpholine rings is 1. The van der Waals surface area contributed by atoms with E-state index in [0.717, 1.165) is 75.3 Å². The van der Waals surface area contributed by atoms with Gasteiger partial charge < -0.3 is 14.7 Å².